The van der Waals surface area contributed by atoms with E-state index in [1.165, 1.54) is 17.5 Å². The van der Waals surface area contributed by atoms with E-state index in [1.54, 1.807) is 0 Å². The van der Waals surface area contributed by atoms with Crippen LogP contribution in [0.25, 0.3) is 0 Å². The van der Waals surface area contributed by atoms with E-state index in [2.05, 4.69) is 49.8 Å². The molecular formula is C21H29N5O2. The zero-order valence-electron chi connectivity index (χ0n) is 17.1. The highest BCUT2D eigenvalue weighted by Crippen LogP contribution is 2.36. The second kappa shape index (κ2) is 8.54. The molecule has 0 amide bonds. The molecule has 2 aromatic rings. The molecule has 7 heteroatoms. The van der Waals surface area contributed by atoms with Crippen LogP contribution in [0.3, 0.4) is 0 Å². The van der Waals surface area contributed by atoms with Crippen LogP contribution in [0, 0.1) is 22.0 Å². The summed E-state index contributed by atoms with van der Waals surface area (Å²) >= 11 is 0. The molecule has 0 fully saturated rings. The molecule has 1 aromatic carbocycles. The molecule has 1 aliphatic heterocycles. The van der Waals surface area contributed by atoms with Gasteiger partial charge in [-0.3, -0.25) is 10.1 Å². The summed E-state index contributed by atoms with van der Waals surface area (Å²) in [5, 5.41) is 12.1. The fourth-order valence-corrected chi connectivity index (χ4v) is 3.79. The van der Waals surface area contributed by atoms with Crippen LogP contribution in [0.1, 0.15) is 38.8 Å². The third-order valence-corrected chi connectivity index (χ3v) is 4.87. The highest BCUT2D eigenvalue weighted by molar-refractivity contribution is 5.71. The molecule has 0 spiro atoms. The van der Waals surface area contributed by atoms with Gasteiger partial charge in [0.2, 0.25) is 11.6 Å². The minimum absolute atomic E-state index is 0.0168. The highest BCUT2D eigenvalue weighted by Gasteiger charge is 2.31. The largest absolute Gasteiger partial charge is 0.353 e. The van der Waals surface area contributed by atoms with Gasteiger partial charge >= 0.3 is 5.69 Å². The lowest BCUT2D eigenvalue weighted by Gasteiger charge is -2.31. The van der Waals surface area contributed by atoms with Crippen molar-refractivity contribution in [1.29, 1.82) is 0 Å². The van der Waals surface area contributed by atoms with Gasteiger partial charge in [-0.15, -0.1) is 0 Å². The van der Waals surface area contributed by atoms with Crippen molar-refractivity contribution in [3.63, 3.8) is 0 Å². The van der Waals surface area contributed by atoms with Crippen LogP contribution in [0.5, 0.6) is 0 Å². The fourth-order valence-electron chi connectivity index (χ4n) is 3.79. The van der Waals surface area contributed by atoms with Crippen LogP contribution in [0.2, 0.25) is 0 Å². The summed E-state index contributed by atoms with van der Waals surface area (Å²) in [4.78, 5) is 24.5. The van der Waals surface area contributed by atoms with Crippen molar-refractivity contribution in [3.05, 3.63) is 51.8 Å². The van der Waals surface area contributed by atoms with Gasteiger partial charge in [0.15, 0.2) is 0 Å². The summed E-state index contributed by atoms with van der Waals surface area (Å²) in [6.45, 7) is 11.2. The minimum Gasteiger partial charge on any atom is -0.350 e. The molecule has 0 N–H and O–H groups in total. The molecule has 0 radical (unpaired) electrons. The first-order valence-electron chi connectivity index (χ1n) is 9.92. The Balaban J connectivity index is 2.01. The van der Waals surface area contributed by atoms with Crippen LogP contribution in [0.4, 0.5) is 17.3 Å². The van der Waals surface area contributed by atoms with Gasteiger partial charge in [0.25, 0.3) is 0 Å². The number of hydrogen-bond acceptors (Lipinski definition) is 6. The number of rotatable bonds is 7. The van der Waals surface area contributed by atoms with Crippen molar-refractivity contribution in [1.82, 2.24) is 9.97 Å². The number of aromatic nitrogens is 2. The summed E-state index contributed by atoms with van der Waals surface area (Å²) < 4.78 is 0. The van der Waals surface area contributed by atoms with Crippen LogP contribution in [-0.4, -0.2) is 34.5 Å². The monoisotopic (exact) mass is 383 g/mol. The SMILES string of the molecule is CC(C)CN(CC(C)C)c1ncnc(N2CCc3ccccc3C2)c1[N+](=O)[O-]. The summed E-state index contributed by atoms with van der Waals surface area (Å²) in [5.74, 6) is 1.59. The maximum atomic E-state index is 12.1. The summed E-state index contributed by atoms with van der Waals surface area (Å²) in [5.41, 5.74) is 2.52. The van der Waals surface area contributed by atoms with Gasteiger partial charge < -0.3 is 9.80 Å². The molecule has 2 heterocycles. The Morgan fingerprint density at radius 1 is 1.11 bits per heavy atom. The van der Waals surface area contributed by atoms with Crippen molar-refractivity contribution >= 4 is 17.3 Å². The Hall–Kier alpha value is -2.70. The molecule has 0 atom stereocenters. The molecule has 0 bridgehead atoms. The van der Waals surface area contributed by atoms with Crippen molar-refractivity contribution < 1.29 is 4.92 Å². The second-order valence-corrected chi connectivity index (χ2v) is 8.26. The normalized spacial score (nSPS) is 13.7. The standard InChI is InChI=1S/C21H29N5O2/c1-15(2)11-25(12-16(3)4)21-19(26(27)28)20(22-14-23-21)24-10-9-17-7-5-6-8-18(17)13-24/h5-8,14-16H,9-13H2,1-4H3. The maximum absolute atomic E-state index is 12.1. The van der Waals surface area contributed by atoms with Crippen LogP contribution < -0.4 is 9.80 Å². The summed E-state index contributed by atoms with van der Waals surface area (Å²) in [7, 11) is 0. The van der Waals surface area contributed by atoms with E-state index in [1.807, 2.05) is 21.9 Å². The fraction of sp³-hybridized carbons (Fsp3) is 0.524. The molecule has 0 saturated carbocycles. The van der Waals surface area contributed by atoms with Gasteiger partial charge in [-0.2, -0.15) is 0 Å². The second-order valence-electron chi connectivity index (χ2n) is 8.26. The summed E-state index contributed by atoms with van der Waals surface area (Å²) in [6.07, 6.45) is 2.32. The van der Waals surface area contributed by atoms with Gasteiger partial charge in [-0.1, -0.05) is 52.0 Å². The Labute approximate surface area is 166 Å². The van der Waals surface area contributed by atoms with Crippen LogP contribution >= 0.6 is 0 Å². The quantitative estimate of drug-likeness (QED) is 0.530. The number of nitrogens with zero attached hydrogens (tertiary/aromatic N) is 5. The number of nitro groups is 1. The molecule has 3 rings (SSSR count). The Kier molecular flexibility index (Phi) is 6.11. The Bertz CT molecular complexity index is 827. The first-order valence-corrected chi connectivity index (χ1v) is 9.92. The topological polar surface area (TPSA) is 75.4 Å². The average molecular weight is 383 g/mol. The van der Waals surface area contributed by atoms with Crippen molar-refractivity contribution in [2.24, 2.45) is 11.8 Å². The van der Waals surface area contributed by atoms with Gasteiger partial charge in [0, 0.05) is 26.2 Å². The minimum atomic E-state index is -0.321. The van der Waals surface area contributed by atoms with E-state index >= 15 is 0 Å². The number of anilines is 2. The summed E-state index contributed by atoms with van der Waals surface area (Å²) in [6, 6.07) is 8.25. The first kappa shape index (κ1) is 20.0. The van der Waals surface area contributed by atoms with Crippen molar-refractivity contribution in [2.45, 2.75) is 40.7 Å². The Morgan fingerprint density at radius 3 is 2.36 bits per heavy atom. The highest BCUT2D eigenvalue weighted by atomic mass is 16.6. The molecule has 0 aliphatic carbocycles. The van der Waals surface area contributed by atoms with E-state index < -0.39 is 0 Å². The molecule has 0 saturated heterocycles. The van der Waals surface area contributed by atoms with Gasteiger partial charge in [0.05, 0.1) is 4.92 Å². The van der Waals surface area contributed by atoms with Crippen LogP contribution in [-0.2, 0) is 13.0 Å². The molecular weight excluding hydrogens is 354 g/mol. The lowest BCUT2D eigenvalue weighted by Crippen LogP contribution is -2.35. The van der Waals surface area contributed by atoms with E-state index in [0.29, 0.717) is 36.6 Å². The number of fused-ring (bicyclic) bond motifs is 1. The third-order valence-electron chi connectivity index (χ3n) is 4.87. The zero-order valence-corrected chi connectivity index (χ0v) is 17.1. The third kappa shape index (κ3) is 4.40. The lowest BCUT2D eigenvalue weighted by atomic mass is 10.00. The van der Waals surface area contributed by atoms with Gasteiger partial charge in [0.1, 0.15) is 6.33 Å². The maximum Gasteiger partial charge on any atom is 0.353 e. The predicted molar refractivity (Wildman–Crippen MR) is 112 cm³/mol. The average Bonchev–Trinajstić information content (AvgIpc) is 2.65. The predicted octanol–water partition coefficient (Wildman–Crippen LogP) is 4.07. The smallest absolute Gasteiger partial charge is 0.350 e. The molecule has 150 valence electrons. The van der Waals surface area contributed by atoms with Crippen molar-refractivity contribution in [3.8, 4) is 0 Å². The molecule has 28 heavy (non-hydrogen) atoms. The molecule has 1 aliphatic rings. The zero-order chi connectivity index (χ0) is 20.3. The van der Waals surface area contributed by atoms with E-state index in [4.69, 9.17) is 0 Å². The van der Waals surface area contributed by atoms with E-state index in [0.717, 1.165) is 19.5 Å². The number of hydrogen-bond donors (Lipinski definition) is 0. The van der Waals surface area contributed by atoms with Crippen molar-refractivity contribution in [2.75, 3.05) is 29.4 Å². The van der Waals surface area contributed by atoms with E-state index in [9.17, 15) is 10.1 Å². The molecule has 7 nitrogen and oxygen atoms in total. The van der Waals surface area contributed by atoms with E-state index in [-0.39, 0.29) is 10.6 Å². The molecule has 1 aromatic heterocycles. The molecule has 0 unspecified atom stereocenters. The lowest BCUT2D eigenvalue weighted by molar-refractivity contribution is -0.383. The Morgan fingerprint density at radius 2 is 1.75 bits per heavy atom. The number of benzene rings is 1. The van der Waals surface area contributed by atoms with Gasteiger partial charge in [-0.25, -0.2) is 9.97 Å². The van der Waals surface area contributed by atoms with Crippen LogP contribution in [0.15, 0.2) is 30.6 Å². The van der Waals surface area contributed by atoms with Gasteiger partial charge in [-0.05, 0) is 29.4 Å². The first-order chi connectivity index (χ1) is 13.4.